The summed E-state index contributed by atoms with van der Waals surface area (Å²) in [5.41, 5.74) is 9.37. The summed E-state index contributed by atoms with van der Waals surface area (Å²) < 4.78 is 5.92. The molecule has 1 aliphatic heterocycles. The number of pyridine rings is 1. The molecule has 148 valence electrons. The molecule has 1 amide bonds. The van der Waals surface area contributed by atoms with E-state index in [0.717, 1.165) is 17.7 Å². The lowest BCUT2D eigenvalue weighted by atomic mass is 10.1. The van der Waals surface area contributed by atoms with E-state index in [1.807, 2.05) is 61.2 Å². The van der Waals surface area contributed by atoms with Gasteiger partial charge in [0.25, 0.3) is 5.91 Å². The van der Waals surface area contributed by atoms with Gasteiger partial charge in [0.1, 0.15) is 6.10 Å². The summed E-state index contributed by atoms with van der Waals surface area (Å²) in [5, 5.41) is 3.42. The molecule has 0 saturated carbocycles. The van der Waals surface area contributed by atoms with Crippen molar-refractivity contribution in [3.63, 3.8) is 0 Å². The van der Waals surface area contributed by atoms with Crippen LogP contribution in [0.15, 0.2) is 59.6 Å². The Kier molecular flexibility index (Phi) is 5.65. The number of nitrogens with two attached hydrogens (primary N) is 1. The van der Waals surface area contributed by atoms with Crippen LogP contribution in [0.4, 0.5) is 11.5 Å². The molecule has 0 spiro atoms. The minimum Gasteiger partial charge on any atom is -0.482 e. The van der Waals surface area contributed by atoms with Crippen molar-refractivity contribution in [2.24, 2.45) is 0 Å². The van der Waals surface area contributed by atoms with Crippen LogP contribution in [-0.4, -0.2) is 16.6 Å². The maximum Gasteiger partial charge on any atom is 0.255 e. The number of aromatic nitrogens is 1. The number of anilines is 2. The number of benzene rings is 2. The van der Waals surface area contributed by atoms with Crippen LogP contribution in [-0.2, 0) is 6.42 Å². The van der Waals surface area contributed by atoms with E-state index < -0.39 is 0 Å². The molecule has 0 radical (unpaired) electrons. The Labute approximate surface area is 178 Å². The standard InChI is InChI=1S/C22H20ClN3O2S/c1-13(28-19-11-17(23)12-25-21(19)24)14-3-2-4-18(10-14)26-22(27)16-5-6-20-15(9-16)7-8-29-20/h2-6,9-13H,7-8H2,1H3,(H2,24,25)(H,26,27)/t13-/m1/s1. The van der Waals surface area contributed by atoms with E-state index >= 15 is 0 Å². The first kappa shape index (κ1) is 19.6. The Balaban J connectivity index is 1.48. The summed E-state index contributed by atoms with van der Waals surface area (Å²) >= 11 is 7.81. The lowest BCUT2D eigenvalue weighted by molar-refractivity contribution is 0.102. The second kappa shape index (κ2) is 8.35. The molecule has 3 N–H and O–H groups in total. The Morgan fingerprint density at radius 3 is 3.00 bits per heavy atom. The van der Waals surface area contributed by atoms with Gasteiger partial charge in [0.15, 0.2) is 11.6 Å². The zero-order valence-corrected chi connectivity index (χ0v) is 17.4. The third-order valence-electron chi connectivity index (χ3n) is 4.72. The van der Waals surface area contributed by atoms with Crippen LogP contribution < -0.4 is 15.8 Å². The van der Waals surface area contributed by atoms with Crippen molar-refractivity contribution < 1.29 is 9.53 Å². The Morgan fingerprint density at radius 2 is 2.14 bits per heavy atom. The van der Waals surface area contributed by atoms with E-state index in [4.69, 9.17) is 22.1 Å². The number of halogens is 1. The number of aryl methyl sites for hydroxylation is 1. The van der Waals surface area contributed by atoms with E-state index in [1.165, 1.54) is 16.7 Å². The molecule has 29 heavy (non-hydrogen) atoms. The number of nitrogens with zero attached hydrogens (tertiary/aromatic N) is 1. The lowest BCUT2D eigenvalue weighted by Crippen LogP contribution is -2.13. The number of amides is 1. The maximum absolute atomic E-state index is 12.7. The minimum absolute atomic E-state index is 0.126. The normalized spacial score (nSPS) is 13.6. The van der Waals surface area contributed by atoms with Gasteiger partial charge in [0, 0.05) is 34.2 Å². The van der Waals surface area contributed by atoms with Gasteiger partial charge in [-0.05, 0) is 54.8 Å². The molecule has 3 aromatic rings. The van der Waals surface area contributed by atoms with Crippen molar-refractivity contribution in [1.29, 1.82) is 0 Å². The first-order valence-electron chi connectivity index (χ1n) is 9.24. The maximum atomic E-state index is 12.7. The Bertz CT molecular complexity index is 1070. The highest BCUT2D eigenvalue weighted by Crippen LogP contribution is 2.32. The van der Waals surface area contributed by atoms with Crippen LogP contribution in [0, 0.1) is 0 Å². The van der Waals surface area contributed by atoms with Gasteiger partial charge in [-0.1, -0.05) is 23.7 Å². The third-order valence-corrected chi connectivity index (χ3v) is 6.04. The second-order valence-corrected chi connectivity index (χ2v) is 8.37. The van der Waals surface area contributed by atoms with E-state index in [2.05, 4.69) is 10.3 Å². The average Bonchev–Trinajstić information content (AvgIpc) is 3.18. The van der Waals surface area contributed by atoms with Crippen LogP contribution in [0.25, 0.3) is 0 Å². The molecule has 5 nitrogen and oxygen atoms in total. The number of fused-ring (bicyclic) bond motifs is 1. The van der Waals surface area contributed by atoms with Crippen molar-refractivity contribution in [2.75, 3.05) is 16.8 Å². The lowest BCUT2D eigenvalue weighted by Gasteiger charge is -2.17. The van der Waals surface area contributed by atoms with Gasteiger partial charge in [0.2, 0.25) is 0 Å². The number of rotatable bonds is 5. The number of carbonyl (C=O) groups excluding carboxylic acids is 1. The first-order chi connectivity index (χ1) is 14.0. The number of nitrogens with one attached hydrogen (secondary N) is 1. The SMILES string of the molecule is C[C@@H](Oc1cc(Cl)cnc1N)c1cccc(NC(=O)c2ccc3c(c2)CCS3)c1. The Morgan fingerprint density at radius 1 is 1.28 bits per heavy atom. The van der Waals surface area contributed by atoms with Crippen molar-refractivity contribution >= 4 is 40.8 Å². The molecule has 0 fully saturated rings. The molecule has 1 atom stereocenters. The van der Waals surface area contributed by atoms with Crippen molar-refractivity contribution in [3.05, 3.63) is 76.4 Å². The summed E-state index contributed by atoms with van der Waals surface area (Å²) in [5.74, 6) is 1.65. The Hall–Kier alpha value is -2.70. The molecule has 1 aliphatic rings. The van der Waals surface area contributed by atoms with Crippen LogP contribution in [0.3, 0.4) is 0 Å². The molecule has 2 heterocycles. The first-order valence-corrected chi connectivity index (χ1v) is 10.6. The predicted molar refractivity (Wildman–Crippen MR) is 118 cm³/mol. The number of ether oxygens (including phenoxy) is 1. The molecule has 0 aliphatic carbocycles. The number of carbonyl (C=O) groups is 1. The minimum atomic E-state index is -0.300. The van der Waals surface area contributed by atoms with Crippen LogP contribution in [0.1, 0.15) is 34.5 Å². The average molecular weight is 426 g/mol. The van der Waals surface area contributed by atoms with Crippen LogP contribution in [0.2, 0.25) is 5.02 Å². The summed E-state index contributed by atoms with van der Waals surface area (Å²) in [6.45, 7) is 1.90. The number of hydrogen-bond acceptors (Lipinski definition) is 5. The highest BCUT2D eigenvalue weighted by molar-refractivity contribution is 7.99. The van der Waals surface area contributed by atoms with Crippen molar-refractivity contribution in [2.45, 2.75) is 24.3 Å². The topological polar surface area (TPSA) is 77.2 Å². The van der Waals surface area contributed by atoms with Gasteiger partial charge >= 0.3 is 0 Å². The smallest absolute Gasteiger partial charge is 0.255 e. The van der Waals surface area contributed by atoms with Crippen LogP contribution >= 0.6 is 23.4 Å². The molecule has 1 aromatic heterocycles. The van der Waals surface area contributed by atoms with Gasteiger partial charge in [-0.25, -0.2) is 4.98 Å². The fraction of sp³-hybridized carbons (Fsp3) is 0.182. The van der Waals surface area contributed by atoms with E-state index in [0.29, 0.717) is 22.0 Å². The number of thioether (sulfide) groups is 1. The van der Waals surface area contributed by atoms with E-state index in [1.54, 1.807) is 6.07 Å². The van der Waals surface area contributed by atoms with Crippen LogP contribution in [0.5, 0.6) is 5.75 Å². The third kappa shape index (κ3) is 4.49. The van der Waals surface area contributed by atoms with Gasteiger partial charge in [-0.15, -0.1) is 11.8 Å². The molecular formula is C22H20ClN3O2S. The van der Waals surface area contributed by atoms with Gasteiger partial charge in [-0.2, -0.15) is 0 Å². The van der Waals surface area contributed by atoms with Crippen molar-refractivity contribution in [3.8, 4) is 5.75 Å². The zero-order valence-electron chi connectivity index (χ0n) is 15.8. The number of hydrogen-bond donors (Lipinski definition) is 2. The molecule has 0 saturated heterocycles. The molecule has 0 bridgehead atoms. The summed E-state index contributed by atoms with van der Waals surface area (Å²) in [7, 11) is 0. The second-order valence-electron chi connectivity index (χ2n) is 6.80. The van der Waals surface area contributed by atoms with Crippen molar-refractivity contribution in [1.82, 2.24) is 4.98 Å². The summed E-state index contributed by atoms with van der Waals surface area (Å²) in [6, 6.07) is 15.1. The summed E-state index contributed by atoms with van der Waals surface area (Å²) in [6.07, 6.45) is 2.18. The fourth-order valence-corrected chi connectivity index (χ4v) is 4.38. The van der Waals surface area contributed by atoms with Gasteiger partial charge in [-0.3, -0.25) is 4.79 Å². The quantitative estimate of drug-likeness (QED) is 0.575. The van der Waals surface area contributed by atoms with Gasteiger partial charge < -0.3 is 15.8 Å². The highest BCUT2D eigenvalue weighted by Gasteiger charge is 2.16. The zero-order chi connectivity index (χ0) is 20.4. The predicted octanol–water partition coefficient (Wildman–Crippen LogP) is 5.36. The number of nitrogen functional groups attached to an aromatic ring is 1. The molecular weight excluding hydrogens is 406 g/mol. The molecule has 0 unspecified atom stereocenters. The molecule has 7 heteroatoms. The van der Waals surface area contributed by atoms with E-state index in [9.17, 15) is 4.79 Å². The van der Waals surface area contributed by atoms with E-state index in [-0.39, 0.29) is 17.8 Å². The molecule has 2 aromatic carbocycles. The monoisotopic (exact) mass is 425 g/mol. The summed E-state index contributed by atoms with van der Waals surface area (Å²) in [4.78, 5) is 18.0. The highest BCUT2D eigenvalue weighted by atomic mass is 35.5. The fourth-order valence-electron chi connectivity index (χ4n) is 3.18. The molecule has 4 rings (SSSR count). The van der Waals surface area contributed by atoms with Gasteiger partial charge in [0.05, 0.1) is 5.02 Å². The largest absolute Gasteiger partial charge is 0.482 e.